The molecule has 4 heteroatoms. The monoisotopic (exact) mass is 189 g/mol. The van der Waals surface area contributed by atoms with Gasteiger partial charge in [0.25, 0.3) is 0 Å². The molecule has 0 saturated heterocycles. The van der Waals surface area contributed by atoms with Gasteiger partial charge in [-0.3, -0.25) is 4.79 Å². The van der Waals surface area contributed by atoms with Crippen LogP contribution in [0.3, 0.4) is 0 Å². The van der Waals surface area contributed by atoms with Gasteiger partial charge in [-0.1, -0.05) is 13.3 Å². The molecule has 0 radical (unpaired) electrons. The van der Waals surface area contributed by atoms with Gasteiger partial charge in [0, 0.05) is 0 Å². The molecule has 0 aliphatic heterocycles. The Morgan fingerprint density at radius 2 is 2.00 bits per heavy atom. The van der Waals surface area contributed by atoms with Crippen molar-refractivity contribution >= 4 is 14.2 Å². The zero-order valence-electron chi connectivity index (χ0n) is 8.39. The zero-order chi connectivity index (χ0) is 9.78. The molecule has 2 N–H and O–H groups in total. The predicted octanol–water partition coefficient (Wildman–Crippen LogP) is 1.49. The van der Waals surface area contributed by atoms with Crippen LogP contribution in [0.25, 0.3) is 0 Å². The topological polar surface area (TPSA) is 52.3 Å². The molecule has 3 nitrogen and oxygen atoms in total. The van der Waals surface area contributed by atoms with Gasteiger partial charge in [-0.05, 0) is 26.1 Å². The number of primary amides is 1. The first kappa shape index (κ1) is 11.6. The van der Waals surface area contributed by atoms with Crippen molar-refractivity contribution in [2.75, 3.05) is 0 Å². The maximum Gasteiger partial charge on any atom is 0.245 e. The first-order valence-electron chi connectivity index (χ1n) is 4.34. The Kier molecular flexibility index (Phi) is 4.48. The normalized spacial score (nSPS) is 14.3. The number of carbonyl (C=O) groups excluding carboxylic acids is 1. The smallest absolute Gasteiger partial charge is 0.245 e. The number of hydrogen-bond acceptors (Lipinski definition) is 2. The lowest BCUT2D eigenvalue weighted by Crippen LogP contribution is -2.39. The Balaban J connectivity index is 4.05. The minimum absolute atomic E-state index is 0.334. The van der Waals surface area contributed by atoms with E-state index in [4.69, 9.17) is 10.2 Å². The van der Waals surface area contributed by atoms with E-state index in [1.165, 1.54) is 0 Å². The Bertz CT molecular complexity index is 154. The van der Waals surface area contributed by atoms with Crippen molar-refractivity contribution < 1.29 is 9.22 Å². The number of nitrogens with two attached hydrogens (primary N) is 1. The Morgan fingerprint density at radius 3 is 2.25 bits per heavy atom. The first-order chi connectivity index (χ1) is 5.37. The lowest BCUT2D eigenvalue weighted by atomic mass is 10.2. The third-order valence-electron chi connectivity index (χ3n) is 1.36. The molecule has 72 valence electrons. The fraction of sp³-hybridized carbons (Fsp3) is 0.875. The van der Waals surface area contributed by atoms with Gasteiger partial charge < -0.3 is 10.2 Å². The third kappa shape index (κ3) is 5.32. The fourth-order valence-corrected chi connectivity index (χ4v) is 2.04. The molecule has 0 rings (SSSR count). The van der Waals surface area contributed by atoms with E-state index in [-0.39, 0.29) is 12.0 Å². The molecule has 0 saturated carbocycles. The molecule has 0 spiro atoms. The van der Waals surface area contributed by atoms with E-state index in [9.17, 15) is 4.79 Å². The van der Waals surface area contributed by atoms with Crippen molar-refractivity contribution in [1.29, 1.82) is 0 Å². The Labute approximate surface area is 75.4 Å². The van der Waals surface area contributed by atoms with Crippen molar-refractivity contribution in [2.45, 2.75) is 45.5 Å². The lowest BCUT2D eigenvalue weighted by Gasteiger charge is -2.23. The summed E-state index contributed by atoms with van der Waals surface area (Å²) in [5.41, 5.74) is 5.19. The highest BCUT2D eigenvalue weighted by atomic mass is 28.4. The summed E-state index contributed by atoms with van der Waals surface area (Å²) < 4.78 is 5.60. The average Bonchev–Trinajstić information content (AvgIpc) is 1.83. The second-order valence-electron chi connectivity index (χ2n) is 3.91. The second-order valence-corrected chi connectivity index (χ2v) is 8.37. The van der Waals surface area contributed by atoms with Crippen LogP contribution in [0.2, 0.25) is 19.6 Å². The summed E-state index contributed by atoms with van der Waals surface area (Å²) in [6.07, 6.45) is 1.29. The van der Waals surface area contributed by atoms with Crippen molar-refractivity contribution in [3.05, 3.63) is 0 Å². The minimum atomic E-state index is -1.62. The summed E-state index contributed by atoms with van der Waals surface area (Å²) in [5, 5.41) is 0. The molecule has 0 aromatic rings. The lowest BCUT2D eigenvalue weighted by molar-refractivity contribution is -0.125. The van der Waals surface area contributed by atoms with Crippen molar-refractivity contribution in [1.82, 2.24) is 0 Å². The van der Waals surface area contributed by atoms with E-state index in [0.29, 0.717) is 0 Å². The Morgan fingerprint density at radius 1 is 1.50 bits per heavy atom. The van der Waals surface area contributed by atoms with Gasteiger partial charge in [0.05, 0.1) is 0 Å². The third-order valence-corrected chi connectivity index (χ3v) is 2.36. The number of carbonyl (C=O) groups is 1. The SMILES string of the molecule is CCCC(O[Si](C)(C)C)C(N)=O. The van der Waals surface area contributed by atoms with Crippen LogP contribution >= 0.6 is 0 Å². The van der Waals surface area contributed by atoms with Crippen LogP contribution in [0.15, 0.2) is 0 Å². The molecule has 0 heterocycles. The summed E-state index contributed by atoms with van der Waals surface area (Å²) in [4.78, 5) is 10.9. The second kappa shape index (κ2) is 4.62. The van der Waals surface area contributed by atoms with Gasteiger partial charge in [0.1, 0.15) is 6.10 Å². The number of rotatable bonds is 5. The highest BCUT2D eigenvalue weighted by molar-refractivity contribution is 6.69. The molecule has 0 aliphatic rings. The number of hydrogen-bond donors (Lipinski definition) is 1. The van der Waals surface area contributed by atoms with Crippen LogP contribution in [0, 0.1) is 0 Å². The van der Waals surface area contributed by atoms with Crippen LogP contribution in [-0.4, -0.2) is 20.3 Å². The summed E-state index contributed by atoms with van der Waals surface area (Å²) >= 11 is 0. The quantitative estimate of drug-likeness (QED) is 0.666. The maximum atomic E-state index is 10.9. The zero-order valence-corrected chi connectivity index (χ0v) is 9.39. The summed E-state index contributed by atoms with van der Waals surface area (Å²) in [5.74, 6) is -0.334. The molecular formula is C8H19NO2Si. The predicted molar refractivity (Wildman–Crippen MR) is 52.3 cm³/mol. The average molecular weight is 189 g/mol. The highest BCUT2D eigenvalue weighted by Gasteiger charge is 2.23. The molecule has 1 amide bonds. The van der Waals surface area contributed by atoms with Gasteiger partial charge >= 0.3 is 0 Å². The standard InChI is InChI=1S/C8H19NO2Si/c1-5-6-7(8(9)10)11-12(2,3)4/h7H,5-6H2,1-4H3,(H2,9,10). The molecule has 12 heavy (non-hydrogen) atoms. The number of amides is 1. The maximum absolute atomic E-state index is 10.9. The molecule has 1 unspecified atom stereocenters. The van der Waals surface area contributed by atoms with E-state index in [1.54, 1.807) is 0 Å². The summed E-state index contributed by atoms with van der Waals surface area (Å²) in [6.45, 7) is 8.18. The van der Waals surface area contributed by atoms with E-state index < -0.39 is 8.32 Å². The largest absolute Gasteiger partial charge is 0.406 e. The Hall–Kier alpha value is -0.353. The van der Waals surface area contributed by atoms with Gasteiger partial charge in [-0.15, -0.1) is 0 Å². The molecule has 0 aromatic heterocycles. The molecule has 0 aromatic carbocycles. The minimum Gasteiger partial charge on any atom is -0.406 e. The van der Waals surface area contributed by atoms with E-state index >= 15 is 0 Å². The van der Waals surface area contributed by atoms with Gasteiger partial charge in [-0.25, -0.2) is 0 Å². The summed E-state index contributed by atoms with van der Waals surface area (Å²) in [6, 6.07) is 0. The summed E-state index contributed by atoms with van der Waals surface area (Å²) in [7, 11) is -1.62. The van der Waals surface area contributed by atoms with Crippen LogP contribution in [0.4, 0.5) is 0 Å². The highest BCUT2D eigenvalue weighted by Crippen LogP contribution is 2.10. The fourth-order valence-electron chi connectivity index (χ4n) is 0.948. The van der Waals surface area contributed by atoms with Crippen LogP contribution < -0.4 is 5.73 Å². The van der Waals surface area contributed by atoms with E-state index in [0.717, 1.165) is 12.8 Å². The van der Waals surface area contributed by atoms with Crippen molar-refractivity contribution in [3.8, 4) is 0 Å². The van der Waals surface area contributed by atoms with Gasteiger partial charge in [0.15, 0.2) is 8.32 Å². The molecule has 1 atom stereocenters. The van der Waals surface area contributed by atoms with Crippen LogP contribution in [0.5, 0.6) is 0 Å². The van der Waals surface area contributed by atoms with Gasteiger partial charge in [0.2, 0.25) is 5.91 Å². The van der Waals surface area contributed by atoms with E-state index in [2.05, 4.69) is 19.6 Å². The van der Waals surface area contributed by atoms with Crippen molar-refractivity contribution in [2.24, 2.45) is 5.73 Å². The van der Waals surface area contributed by atoms with Crippen LogP contribution in [0.1, 0.15) is 19.8 Å². The molecule has 0 aliphatic carbocycles. The molecular weight excluding hydrogens is 170 g/mol. The molecule has 0 bridgehead atoms. The van der Waals surface area contributed by atoms with Crippen molar-refractivity contribution in [3.63, 3.8) is 0 Å². The van der Waals surface area contributed by atoms with E-state index in [1.807, 2.05) is 6.92 Å². The van der Waals surface area contributed by atoms with Crippen LogP contribution in [-0.2, 0) is 9.22 Å². The molecule has 0 fully saturated rings. The first-order valence-corrected chi connectivity index (χ1v) is 7.74. The van der Waals surface area contributed by atoms with Gasteiger partial charge in [-0.2, -0.15) is 0 Å².